The molecule has 1 aromatic rings. The number of benzene rings is 1. The van der Waals surface area contributed by atoms with Crippen LogP contribution in [0.15, 0.2) is 24.3 Å². The Morgan fingerprint density at radius 3 is 2.12 bits per heavy atom. The number of aliphatic hydroxyl groups is 2. The van der Waals surface area contributed by atoms with Crippen LogP contribution in [0.25, 0.3) is 0 Å². The van der Waals surface area contributed by atoms with E-state index in [-0.39, 0.29) is 12.2 Å². The first-order chi connectivity index (χ1) is 8.08. The Hall–Kier alpha value is -1.06. The zero-order valence-corrected chi connectivity index (χ0v) is 10.6. The van der Waals surface area contributed by atoms with Gasteiger partial charge in [-0.25, -0.2) is 0 Å². The molecule has 0 bridgehead atoms. The first kappa shape index (κ1) is 14.0. The highest BCUT2D eigenvalue weighted by molar-refractivity contribution is 5.27. The summed E-state index contributed by atoms with van der Waals surface area (Å²) < 4.78 is 5.49. The van der Waals surface area contributed by atoms with Crippen LogP contribution in [0.1, 0.15) is 32.3 Å². The first-order valence-corrected chi connectivity index (χ1v) is 6.16. The van der Waals surface area contributed by atoms with Crippen LogP contribution in [-0.4, -0.2) is 29.0 Å². The molecule has 17 heavy (non-hydrogen) atoms. The molecule has 0 aliphatic rings. The van der Waals surface area contributed by atoms with Crippen molar-refractivity contribution in [1.82, 2.24) is 0 Å². The van der Waals surface area contributed by atoms with Crippen molar-refractivity contribution in [3.8, 4) is 5.75 Å². The summed E-state index contributed by atoms with van der Waals surface area (Å²) in [6.45, 7) is 4.08. The van der Waals surface area contributed by atoms with Gasteiger partial charge in [-0.15, -0.1) is 0 Å². The Morgan fingerprint density at radius 2 is 1.59 bits per heavy atom. The highest BCUT2D eigenvalue weighted by atomic mass is 16.5. The maximum atomic E-state index is 9.19. The molecule has 0 amide bonds. The van der Waals surface area contributed by atoms with Gasteiger partial charge < -0.3 is 14.9 Å². The summed E-state index contributed by atoms with van der Waals surface area (Å²) in [5, 5.41) is 18.3. The van der Waals surface area contributed by atoms with E-state index in [1.54, 1.807) is 13.8 Å². The summed E-state index contributed by atoms with van der Waals surface area (Å²) in [7, 11) is 0. The first-order valence-electron chi connectivity index (χ1n) is 6.16. The van der Waals surface area contributed by atoms with Crippen LogP contribution < -0.4 is 4.74 Å². The molecule has 3 nitrogen and oxygen atoms in total. The van der Waals surface area contributed by atoms with Gasteiger partial charge in [-0.3, -0.25) is 0 Å². The van der Waals surface area contributed by atoms with E-state index in [1.807, 2.05) is 24.3 Å². The molecule has 0 saturated heterocycles. The van der Waals surface area contributed by atoms with E-state index in [2.05, 4.69) is 0 Å². The van der Waals surface area contributed by atoms with Gasteiger partial charge in [-0.1, -0.05) is 12.1 Å². The van der Waals surface area contributed by atoms with E-state index in [1.165, 1.54) is 5.56 Å². The maximum absolute atomic E-state index is 9.19. The summed E-state index contributed by atoms with van der Waals surface area (Å²) in [5.41, 5.74) is 1.20. The van der Waals surface area contributed by atoms with Gasteiger partial charge in [0.25, 0.3) is 0 Å². The molecule has 0 aliphatic carbocycles. The lowest BCUT2D eigenvalue weighted by atomic mass is 10.1. The van der Waals surface area contributed by atoms with E-state index in [9.17, 15) is 5.11 Å². The molecule has 2 unspecified atom stereocenters. The topological polar surface area (TPSA) is 49.7 Å². The van der Waals surface area contributed by atoms with Crippen LogP contribution in [0.4, 0.5) is 0 Å². The number of ether oxygens (including phenoxy) is 1. The third-order valence-corrected chi connectivity index (χ3v) is 2.58. The van der Waals surface area contributed by atoms with E-state index in [0.29, 0.717) is 13.0 Å². The third-order valence-electron chi connectivity index (χ3n) is 2.58. The summed E-state index contributed by atoms with van der Waals surface area (Å²) in [4.78, 5) is 0. The van der Waals surface area contributed by atoms with Crippen molar-refractivity contribution in [2.24, 2.45) is 0 Å². The maximum Gasteiger partial charge on any atom is 0.119 e. The predicted octanol–water partition coefficient (Wildman–Crippen LogP) is 2.15. The van der Waals surface area contributed by atoms with Gasteiger partial charge >= 0.3 is 0 Å². The molecule has 0 heterocycles. The van der Waals surface area contributed by atoms with Gasteiger partial charge in [-0.05, 0) is 44.4 Å². The minimum Gasteiger partial charge on any atom is -0.493 e. The summed E-state index contributed by atoms with van der Waals surface area (Å²) >= 11 is 0. The molecule has 0 saturated carbocycles. The van der Waals surface area contributed by atoms with Crippen molar-refractivity contribution in [3.05, 3.63) is 29.8 Å². The Balaban J connectivity index is 2.34. The van der Waals surface area contributed by atoms with Crippen LogP contribution in [-0.2, 0) is 6.42 Å². The van der Waals surface area contributed by atoms with Gasteiger partial charge in [0.05, 0.1) is 18.8 Å². The van der Waals surface area contributed by atoms with Gasteiger partial charge in [-0.2, -0.15) is 0 Å². The van der Waals surface area contributed by atoms with Crippen molar-refractivity contribution >= 4 is 0 Å². The average molecular weight is 238 g/mol. The number of aryl methyl sites for hydroxylation is 1. The lowest BCUT2D eigenvalue weighted by Crippen LogP contribution is -2.07. The fourth-order valence-electron chi connectivity index (χ4n) is 1.48. The van der Waals surface area contributed by atoms with Crippen molar-refractivity contribution in [2.75, 3.05) is 6.61 Å². The molecule has 1 rings (SSSR count). The standard InChI is InChI=1S/C14H22O3/c1-11(15)3-4-13-5-7-14(8-6-13)17-10-9-12(2)16/h5-8,11-12,15-16H,3-4,9-10H2,1-2H3. The van der Waals surface area contributed by atoms with E-state index in [0.717, 1.165) is 18.6 Å². The molecule has 0 radical (unpaired) electrons. The molecule has 3 heteroatoms. The quantitative estimate of drug-likeness (QED) is 0.765. The second kappa shape index (κ2) is 7.30. The lowest BCUT2D eigenvalue weighted by Gasteiger charge is -2.09. The zero-order valence-electron chi connectivity index (χ0n) is 10.6. The highest BCUT2D eigenvalue weighted by Gasteiger charge is 2.00. The summed E-state index contributed by atoms with van der Waals surface area (Å²) in [6.07, 6.45) is 1.73. The van der Waals surface area contributed by atoms with Crippen molar-refractivity contribution in [2.45, 2.75) is 45.3 Å². The summed E-state index contributed by atoms with van der Waals surface area (Å²) in [5.74, 6) is 0.825. The molecule has 1 aromatic carbocycles. The van der Waals surface area contributed by atoms with Crippen LogP contribution in [0.5, 0.6) is 5.75 Å². The zero-order chi connectivity index (χ0) is 12.7. The van der Waals surface area contributed by atoms with Crippen molar-refractivity contribution in [1.29, 1.82) is 0 Å². The monoisotopic (exact) mass is 238 g/mol. The van der Waals surface area contributed by atoms with Crippen LogP contribution >= 0.6 is 0 Å². The molecule has 0 aliphatic heterocycles. The van der Waals surface area contributed by atoms with E-state index >= 15 is 0 Å². The number of aliphatic hydroxyl groups excluding tert-OH is 2. The number of hydrogen-bond acceptors (Lipinski definition) is 3. The molecule has 96 valence electrons. The molecular formula is C14H22O3. The SMILES string of the molecule is CC(O)CCOc1ccc(CCC(C)O)cc1. The Labute approximate surface area is 103 Å². The largest absolute Gasteiger partial charge is 0.493 e. The second-order valence-electron chi connectivity index (χ2n) is 4.52. The molecule has 2 atom stereocenters. The van der Waals surface area contributed by atoms with Gasteiger partial charge in [0, 0.05) is 6.42 Å². The minimum absolute atomic E-state index is 0.253. The molecule has 2 N–H and O–H groups in total. The Kier molecular flexibility index (Phi) is 6.01. The number of rotatable bonds is 7. The van der Waals surface area contributed by atoms with Crippen LogP contribution in [0, 0.1) is 0 Å². The van der Waals surface area contributed by atoms with E-state index < -0.39 is 0 Å². The van der Waals surface area contributed by atoms with Gasteiger partial charge in [0.1, 0.15) is 5.75 Å². The fourth-order valence-corrected chi connectivity index (χ4v) is 1.48. The Morgan fingerprint density at radius 1 is 1.00 bits per heavy atom. The average Bonchev–Trinajstić information content (AvgIpc) is 2.27. The Bertz CT molecular complexity index is 304. The molecule has 0 aromatic heterocycles. The van der Waals surface area contributed by atoms with Crippen molar-refractivity contribution < 1.29 is 14.9 Å². The second-order valence-corrected chi connectivity index (χ2v) is 4.52. The molecular weight excluding hydrogens is 216 g/mol. The fraction of sp³-hybridized carbons (Fsp3) is 0.571. The normalized spacial score (nSPS) is 14.4. The highest BCUT2D eigenvalue weighted by Crippen LogP contribution is 2.14. The molecule has 0 fully saturated rings. The van der Waals surface area contributed by atoms with E-state index in [4.69, 9.17) is 9.84 Å². The van der Waals surface area contributed by atoms with Gasteiger partial charge in [0.15, 0.2) is 0 Å². The number of hydrogen-bond donors (Lipinski definition) is 2. The summed E-state index contributed by atoms with van der Waals surface area (Å²) in [6, 6.07) is 7.89. The lowest BCUT2D eigenvalue weighted by molar-refractivity contribution is 0.155. The van der Waals surface area contributed by atoms with Gasteiger partial charge in [0.2, 0.25) is 0 Å². The molecule has 0 spiro atoms. The minimum atomic E-state index is -0.319. The van der Waals surface area contributed by atoms with Crippen LogP contribution in [0.3, 0.4) is 0 Å². The third kappa shape index (κ3) is 6.29. The predicted molar refractivity (Wildman–Crippen MR) is 68.2 cm³/mol. The van der Waals surface area contributed by atoms with Crippen molar-refractivity contribution in [3.63, 3.8) is 0 Å². The van der Waals surface area contributed by atoms with Crippen LogP contribution in [0.2, 0.25) is 0 Å². The smallest absolute Gasteiger partial charge is 0.119 e.